The quantitative estimate of drug-likeness (QED) is 0.599. The van der Waals surface area contributed by atoms with Crippen molar-refractivity contribution in [1.82, 2.24) is 5.32 Å². The summed E-state index contributed by atoms with van der Waals surface area (Å²) in [5, 5.41) is 2.62. The van der Waals surface area contributed by atoms with Crippen molar-refractivity contribution in [2.75, 3.05) is 7.11 Å². The number of nitrogens with one attached hydrogen (secondary N) is 1. The zero-order valence-electron chi connectivity index (χ0n) is 15.9. The van der Waals surface area contributed by atoms with E-state index in [4.69, 9.17) is 9.47 Å². The minimum atomic E-state index is -0.819. The lowest BCUT2D eigenvalue weighted by Gasteiger charge is -2.15. The SMILES string of the molecule is COc1ccc(C(C)=O)cc1COC(=O)[C@H](C)NC(=O)c1cccc(C)c1. The minimum Gasteiger partial charge on any atom is -0.496 e. The van der Waals surface area contributed by atoms with Gasteiger partial charge >= 0.3 is 5.97 Å². The number of hydrogen-bond acceptors (Lipinski definition) is 5. The van der Waals surface area contributed by atoms with Crippen LogP contribution in [-0.2, 0) is 16.1 Å². The molecule has 2 aromatic carbocycles. The molecule has 1 atom stereocenters. The Morgan fingerprint density at radius 1 is 1.07 bits per heavy atom. The molecule has 1 N–H and O–H groups in total. The largest absolute Gasteiger partial charge is 0.496 e. The molecular weight excluding hydrogens is 346 g/mol. The van der Waals surface area contributed by atoms with Crippen molar-refractivity contribution in [1.29, 1.82) is 0 Å². The Morgan fingerprint density at radius 2 is 1.81 bits per heavy atom. The fraction of sp³-hybridized carbons (Fsp3) is 0.286. The Kier molecular flexibility index (Phi) is 6.71. The van der Waals surface area contributed by atoms with E-state index < -0.39 is 12.0 Å². The number of hydrogen-bond donors (Lipinski definition) is 1. The molecule has 0 unspecified atom stereocenters. The molecule has 0 fully saturated rings. The summed E-state index contributed by atoms with van der Waals surface area (Å²) >= 11 is 0. The van der Waals surface area contributed by atoms with Gasteiger partial charge in [0, 0.05) is 16.7 Å². The van der Waals surface area contributed by atoms with Crippen LogP contribution < -0.4 is 10.1 Å². The number of carbonyl (C=O) groups excluding carboxylic acids is 3. The van der Waals surface area contributed by atoms with E-state index in [1.807, 2.05) is 13.0 Å². The van der Waals surface area contributed by atoms with Crippen LogP contribution in [0.4, 0.5) is 0 Å². The Balaban J connectivity index is 1.99. The van der Waals surface area contributed by atoms with Gasteiger partial charge in [0.25, 0.3) is 5.91 Å². The predicted octanol–water partition coefficient (Wildman–Crippen LogP) is 3.07. The molecule has 0 saturated carbocycles. The van der Waals surface area contributed by atoms with Gasteiger partial charge in [-0.2, -0.15) is 0 Å². The zero-order valence-corrected chi connectivity index (χ0v) is 15.9. The third-order valence-corrected chi connectivity index (χ3v) is 4.04. The zero-order chi connectivity index (χ0) is 20.0. The second-order valence-electron chi connectivity index (χ2n) is 6.26. The maximum atomic E-state index is 12.2. The molecule has 0 radical (unpaired) electrons. The van der Waals surface area contributed by atoms with Crippen LogP contribution in [0.5, 0.6) is 5.75 Å². The molecular formula is C21H23NO5. The average molecular weight is 369 g/mol. The number of carbonyl (C=O) groups is 3. The summed E-state index contributed by atoms with van der Waals surface area (Å²) in [4.78, 5) is 36.0. The molecule has 0 aliphatic heterocycles. The standard InChI is InChI=1S/C21H23NO5/c1-13-6-5-7-17(10-13)20(24)22-14(2)21(25)27-12-18-11-16(15(3)23)8-9-19(18)26-4/h5-11,14H,12H2,1-4H3,(H,22,24)/t14-/m0/s1. The van der Waals surface area contributed by atoms with Crippen LogP contribution in [0, 0.1) is 6.92 Å². The number of benzene rings is 2. The number of amides is 1. The van der Waals surface area contributed by atoms with E-state index in [0.29, 0.717) is 22.4 Å². The van der Waals surface area contributed by atoms with Crippen molar-refractivity contribution >= 4 is 17.7 Å². The van der Waals surface area contributed by atoms with Crippen LogP contribution in [-0.4, -0.2) is 30.8 Å². The summed E-state index contributed by atoms with van der Waals surface area (Å²) in [6.45, 7) is 4.84. The van der Waals surface area contributed by atoms with Gasteiger partial charge in [0.15, 0.2) is 5.78 Å². The fourth-order valence-electron chi connectivity index (χ4n) is 2.51. The van der Waals surface area contributed by atoms with E-state index in [1.165, 1.54) is 14.0 Å². The van der Waals surface area contributed by atoms with E-state index in [2.05, 4.69) is 5.32 Å². The van der Waals surface area contributed by atoms with Crippen molar-refractivity contribution < 1.29 is 23.9 Å². The maximum Gasteiger partial charge on any atom is 0.328 e. The van der Waals surface area contributed by atoms with E-state index in [9.17, 15) is 14.4 Å². The molecule has 0 spiro atoms. The molecule has 6 nitrogen and oxygen atoms in total. The molecule has 0 aliphatic rings. The summed E-state index contributed by atoms with van der Waals surface area (Å²) in [7, 11) is 1.50. The first-order valence-electron chi connectivity index (χ1n) is 8.54. The van der Waals surface area contributed by atoms with Gasteiger partial charge in [-0.3, -0.25) is 9.59 Å². The monoisotopic (exact) mass is 369 g/mol. The summed E-state index contributed by atoms with van der Waals surface area (Å²) < 4.78 is 10.5. The first-order valence-corrected chi connectivity index (χ1v) is 8.54. The smallest absolute Gasteiger partial charge is 0.328 e. The van der Waals surface area contributed by atoms with Gasteiger partial charge in [0.1, 0.15) is 18.4 Å². The Hall–Kier alpha value is -3.15. The highest BCUT2D eigenvalue weighted by molar-refractivity contribution is 5.97. The van der Waals surface area contributed by atoms with Gasteiger partial charge in [-0.25, -0.2) is 4.79 Å². The van der Waals surface area contributed by atoms with Crippen LogP contribution in [0.25, 0.3) is 0 Å². The number of aryl methyl sites for hydroxylation is 1. The molecule has 2 aromatic rings. The van der Waals surface area contributed by atoms with Gasteiger partial charge in [0.2, 0.25) is 0 Å². The van der Waals surface area contributed by atoms with E-state index in [0.717, 1.165) is 5.56 Å². The lowest BCUT2D eigenvalue weighted by Crippen LogP contribution is -2.39. The predicted molar refractivity (Wildman–Crippen MR) is 101 cm³/mol. The van der Waals surface area contributed by atoms with Crippen molar-refractivity contribution in [2.24, 2.45) is 0 Å². The van der Waals surface area contributed by atoms with Gasteiger partial charge in [0.05, 0.1) is 7.11 Å². The number of ketones is 1. The molecule has 1 amide bonds. The summed E-state index contributed by atoms with van der Waals surface area (Å²) in [5.41, 5.74) is 2.51. The lowest BCUT2D eigenvalue weighted by atomic mass is 10.1. The highest BCUT2D eigenvalue weighted by Crippen LogP contribution is 2.21. The van der Waals surface area contributed by atoms with Gasteiger partial charge < -0.3 is 14.8 Å². The topological polar surface area (TPSA) is 81.7 Å². The van der Waals surface area contributed by atoms with Crippen molar-refractivity contribution in [3.05, 3.63) is 64.7 Å². The van der Waals surface area contributed by atoms with Gasteiger partial charge in [-0.05, 0) is 51.1 Å². The van der Waals surface area contributed by atoms with Crippen LogP contribution in [0.3, 0.4) is 0 Å². The Labute approximate surface area is 158 Å². The molecule has 0 saturated heterocycles. The van der Waals surface area contributed by atoms with Crippen LogP contribution in [0.1, 0.15) is 45.7 Å². The lowest BCUT2D eigenvalue weighted by molar-refractivity contribution is -0.146. The van der Waals surface area contributed by atoms with Crippen LogP contribution in [0.2, 0.25) is 0 Å². The van der Waals surface area contributed by atoms with Gasteiger partial charge in [-0.15, -0.1) is 0 Å². The first kappa shape index (κ1) is 20.2. The Morgan fingerprint density at radius 3 is 2.44 bits per heavy atom. The van der Waals surface area contributed by atoms with Gasteiger partial charge in [-0.1, -0.05) is 17.7 Å². The van der Waals surface area contributed by atoms with E-state index in [-0.39, 0.29) is 18.3 Å². The molecule has 142 valence electrons. The molecule has 2 rings (SSSR count). The highest BCUT2D eigenvalue weighted by atomic mass is 16.5. The number of rotatable bonds is 7. The van der Waals surface area contributed by atoms with Crippen molar-refractivity contribution in [3.63, 3.8) is 0 Å². The third-order valence-electron chi connectivity index (χ3n) is 4.04. The number of esters is 1. The summed E-state index contributed by atoms with van der Waals surface area (Å²) in [6, 6.07) is 11.2. The first-order chi connectivity index (χ1) is 12.8. The Bertz CT molecular complexity index is 859. The number of Topliss-reactive ketones (excluding diaryl/α,β-unsaturated/α-hetero) is 1. The van der Waals surface area contributed by atoms with Crippen molar-refractivity contribution in [3.8, 4) is 5.75 Å². The van der Waals surface area contributed by atoms with Crippen LogP contribution >= 0.6 is 0 Å². The average Bonchev–Trinajstić information content (AvgIpc) is 2.65. The van der Waals surface area contributed by atoms with E-state index in [1.54, 1.807) is 43.3 Å². The number of ether oxygens (including phenoxy) is 2. The third kappa shape index (κ3) is 5.41. The molecule has 6 heteroatoms. The fourth-order valence-corrected chi connectivity index (χ4v) is 2.51. The van der Waals surface area contributed by atoms with E-state index >= 15 is 0 Å². The summed E-state index contributed by atoms with van der Waals surface area (Å²) in [6.07, 6.45) is 0. The number of methoxy groups -OCH3 is 1. The maximum absolute atomic E-state index is 12.2. The highest BCUT2D eigenvalue weighted by Gasteiger charge is 2.19. The molecule has 27 heavy (non-hydrogen) atoms. The normalized spacial score (nSPS) is 11.4. The second kappa shape index (κ2) is 8.98. The second-order valence-corrected chi connectivity index (χ2v) is 6.26. The molecule has 0 bridgehead atoms. The molecule has 0 aliphatic carbocycles. The molecule has 0 heterocycles. The van der Waals surface area contributed by atoms with Crippen molar-refractivity contribution in [2.45, 2.75) is 33.4 Å². The van der Waals surface area contributed by atoms with Crippen LogP contribution in [0.15, 0.2) is 42.5 Å². The molecule has 0 aromatic heterocycles. The minimum absolute atomic E-state index is 0.0617. The summed E-state index contributed by atoms with van der Waals surface area (Å²) in [5.74, 6) is -0.501.